The fourth-order valence-electron chi connectivity index (χ4n) is 3.51. The minimum absolute atomic E-state index is 0.153. The fourth-order valence-corrected chi connectivity index (χ4v) is 3.51. The SMILES string of the molecule is Cc1cc(C)cc(OCC(=O)Nc2cccc(N3C(=O)c4ccccc4C3=O)c2)c1. The average Bonchev–Trinajstić information content (AvgIpc) is 2.97. The summed E-state index contributed by atoms with van der Waals surface area (Å²) in [5.41, 5.74) is 3.72. The van der Waals surface area contributed by atoms with Crippen molar-refractivity contribution < 1.29 is 19.1 Å². The van der Waals surface area contributed by atoms with Crippen LogP contribution in [0.25, 0.3) is 0 Å². The summed E-state index contributed by atoms with van der Waals surface area (Å²) in [5.74, 6) is -0.467. The van der Waals surface area contributed by atoms with Crippen molar-refractivity contribution in [2.45, 2.75) is 13.8 Å². The van der Waals surface area contributed by atoms with Gasteiger partial charge in [-0.05, 0) is 67.4 Å². The summed E-state index contributed by atoms with van der Waals surface area (Å²) < 4.78 is 5.58. The molecule has 0 fully saturated rings. The van der Waals surface area contributed by atoms with Crippen LogP contribution in [-0.4, -0.2) is 24.3 Å². The zero-order valence-corrected chi connectivity index (χ0v) is 16.6. The number of imide groups is 1. The Morgan fingerprint density at radius 3 is 2.13 bits per heavy atom. The maximum Gasteiger partial charge on any atom is 0.266 e. The van der Waals surface area contributed by atoms with Crippen LogP contribution in [0.15, 0.2) is 66.7 Å². The summed E-state index contributed by atoms with van der Waals surface area (Å²) in [6, 6.07) is 19.1. The number of nitrogens with zero attached hydrogens (tertiary/aromatic N) is 1. The second-order valence-electron chi connectivity index (χ2n) is 7.20. The molecule has 150 valence electrons. The molecule has 0 aliphatic carbocycles. The number of rotatable bonds is 5. The van der Waals surface area contributed by atoms with E-state index in [1.165, 1.54) is 0 Å². The van der Waals surface area contributed by atoms with Crippen LogP contribution in [0.5, 0.6) is 5.75 Å². The Labute approximate surface area is 174 Å². The van der Waals surface area contributed by atoms with Gasteiger partial charge in [0.15, 0.2) is 6.61 Å². The van der Waals surface area contributed by atoms with Gasteiger partial charge in [-0.25, -0.2) is 4.90 Å². The number of anilines is 2. The number of fused-ring (bicyclic) bond motifs is 1. The van der Waals surface area contributed by atoms with Gasteiger partial charge in [0.05, 0.1) is 16.8 Å². The van der Waals surface area contributed by atoms with E-state index in [9.17, 15) is 14.4 Å². The second kappa shape index (κ2) is 7.83. The van der Waals surface area contributed by atoms with Crippen molar-refractivity contribution in [3.8, 4) is 5.75 Å². The highest BCUT2D eigenvalue weighted by molar-refractivity contribution is 6.34. The van der Waals surface area contributed by atoms with E-state index in [0.717, 1.165) is 16.0 Å². The van der Waals surface area contributed by atoms with Crippen LogP contribution in [0.3, 0.4) is 0 Å². The van der Waals surface area contributed by atoms with E-state index in [1.807, 2.05) is 32.0 Å². The number of amides is 3. The van der Waals surface area contributed by atoms with Gasteiger partial charge in [-0.2, -0.15) is 0 Å². The van der Waals surface area contributed by atoms with E-state index in [1.54, 1.807) is 48.5 Å². The molecule has 6 nitrogen and oxygen atoms in total. The first-order valence-corrected chi connectivity index (χ1v) is 9.51. The van der Waals surface area contributed by atoms with Gasteiger partial charge < -0.3 is 10.1 Å². The quantitative estimate of drug-likeness (QED) is 0.654. The fraction of sp³-hybridized carbons (Fsp3) is 0.125. The van der Waals surface area contributed by atoms with Crippen LogP contribution >= 0.6 is 0 Å². The maximum atomic E-state index is 12.7. The molecular weight excluding hydrogens is 380 g/mol. The summed E-state index contributed by atoms with van der Waals surface area (Å²) in [6.07, 6.45) is 0. The van der Waals surface area contributed by atoms with Crippen molar-refractivity contribution >= 4 is 29.1 Å². The molecule has 3 aromatic carbocycles. The molecule has 30 heavy (non-hydrogen) atoms. The van der Waals surface area contributed by atoms with Gasteiger partial charge in [-0.15, -0.1) is 0 Å². The molecule has 0 saturated heterocycles. The molecule has 1 heterocycles. The Hall–Kier alpha value is -3.93. The first-order valence-electron chi connectivity index (χ1n) is 9.51. The molecule has 0 atom stereocenters. The lowest BCUT2D eigenvalue weighted by molar-refractivity contribution is -0.118. The average molecular weight is 400 g/mol. The molecule has 1 N–H and O–H groups in total. The van der Waals surface area contributed by atoms with E-state index in [0.29, 0.717) is 28.3 Å². The van der Waals surface area contributed by atoms with Gasteiger partial charge in [0.1, 0.15) is 5.75 Å². The molecule has 1 aliphatic rings. The van der Waals surface area contributed by atoms with Gasteiger partial charge in [0, 0.05) is 5.69 Å². The lowest BCUT2D eigenvalue weighted by atomic mass is 10.1. The van der Waals surface area contributed by atoms with E-state index in [-0.39, 0.29) is 24.3 Å². The first-order chi connectivity index (χ1) is 14.4. The van der Waals surface area contributed by atoms with Crippen LogP contribution in [0.1, 0.15) is 31.8 Å². The number of benzene rings is 3. The monoisotopic (exact) mass is 400 g/mol. The molecular formula is C24H20N2O4. The minimum Gasteiger partial charge on any atom is -0.484 e. The van der Waals surface area contributed by atoms with E-state index >= 15 is 0 Å². The van der Waals surface area contributed by atoms with Crippen LogP contribution in [0.2, 0.25) is 0 Å². The third-order valence-corrected chi connectivity index (χ3v) is 4.75. The van der Waals surface area contributed by atoms with Crippen molar-refractivity contribution in [1.82, 2.24) is 0 Å². The van der Waals surface area contributed by atoms with Gasteiger partial charge in [-0.1, -0.05) is 24.3 Å². The Morgan fingerprint density at radius 2 is 1.50 bits per heavy atom. The molecule has 1 aliphatic heterocycles. The Morgan fingerprint density at radius 1 is 0.867 bits per heavy atom. The molecule has 0 bridgehead atoms. The van der Waals surface area contributed by atoms with Crippen molar-refractivity contribution in [3.05, 3.63) is 89.0 Å². The van der Waals surface area contributed by atoms with Gasteiger partial charge in [-0.3, -0.25) is 14.4 Å². The number of hydrogen-bond acceptors (Lipinski definition) is 4. The van der Waals surface area contributed by atoms with Crippen molar-refractivity contribution in [2.75, 3.05) is 16.8 Å². The number of carbonyl (C=O) groups is 3. The summed E-state index contributed by atoms with van der Waals surface area (Å²) in [5, 5.41) is 2.74. The van der Waals surface area contributed by atoms with Crippen LogP contribution in [0.4, 0.5) is 11.4 Å². The van der Waals surface area contributed by atoms with Gasteiger partial charge >= 0.3 is 0 Å². The largest absolute Gasteiger partial charge is 0.484 e. The van der Waals surface area contributed by atoms with E-state index in [2.05, 4.69) is 5.32 Å². The van der Waals surface area contributed by atoms with Crippen LogP contribution in [0, 0.1) is 13.8 Å². The van der Waals surface area contributed by atoms with Crippen molar-refractivity contribution in [1.29, 1.82) is 0 Å². The number of carbonyl (C=O) groups excluding carboxylic acids is 3. The smallest absolute Gasteiger partial charge is 0.266 e. The molecule has 3 aromatic rings. The summed E-state index contributed by atoms with van der Waals surface area (Å²) in [7, 11) is 0. The molecule has 0 radical (unpaired) electrons. The Balaban J connectivity index is 1.46. The predicted molar refractivity (Wildman–Crippen MR) is 114 cm³/mol. The molecule has 0 aromatic heterocycles. The molecule has 0 saturated carbocycles. The summed E-state index contributed by atoms with van der Waals surface area (Å²) >= 11 is 0. The lowest BCUT2D eigenvalue weighted by Crippen LogP contribution is -2.29. The number of ether oxygens (including phenoxy) is 1. The summed E-state index contributed by atoms with van der Waals surface area (Å²) in [6.45, 7) is 3.77. The number of hydrogen-bond donors (Lipinski definition) is 1. The predicted octanol–water partition coefficient (Wildman–Crippen LogP) is 4.12. The second-order valence-corrected chi connectivity index (χ2v) is 7.20. The molecule has 0 spiro atoms. The Bertz CT molecular complexity index is 1110. The number of nitrogens with one attached hydrogen (secondary N) is 1. The standard InChI is InChI=1S/C24H20N2O4/c1-15-10-16(2)12-19(11-15)30-14-22(27)25-17-6-5-7-18(13-17)26-23(28)20-8-3-4-9-21(20)24(26)29/h3-13H,14H2,1-2H3,(H,25,27). The van der Waals surface area contributed by atoms with Crippen molar-refractivity contribution in [2.24, 2.45) is 0 Å². The zero-order chi connectivity index (χ0) is 21.3. The minimum atomic E-state index is -0.378. The third kappa shape index (κ3) is 3.80. The van der Waals surface area contributed by atoms with E-state index < -0.39 is 0 Å². The molecule has 0 unspecified atom stereocenters. The highest BCUT2D eigenvalue weighted by Gasteiger charge is 2.36. The molecule has 4 rings (SSSR count). The lowest BCUT2D eigenvalue weighted by Gasteiger charge is -2.15. The Kier molecular flexibility index (Phi) is 5.06. The first kappa shape index (κ1) is 19.4. The third-order valence-electron chi connectivity index (χ3n) is 4.75. The van der Waals surface area contributed by atoms with Crippen LogP contribution in [-0.2, 0) is 4.79 Å². The topological polar surface area (TPSA) is 75.7 Å². The molecule has 3 amide bonds. The summed E-state index contributed by atoms with van der Waals surface area (Å²) in [4.78, 5) is 38.7. The van der Waals surface area contributed by atoms with Gasteiger partial charge in [0.2, 0.25) is 0 Å². The zero-order valence-electron chi connectivity index (χ0n) is 16.6. The highest BCUT2D eigenvalue weighted by atomic mass is 16.5. The highest BCUT2D eigenvalue weighted by Crippen LogP contribution is 2.29. The number of aryl methyl sites for hydroxylation is 2. The maximum absolute atomic E-state index is 12.7. The van der Waals surface area contributed by atoms with Gasteiger partial charge in [0.25, 0.3) is 17.7 Å². The van der Waals surface area contributed by atoms with Crippen LogP contribution < -0.4 is 15.0 Å². The van der Waals surface area contributed by atoms with E-state index in [4.69, 9.17) is 4.74 Å². The molecule has 6 heteroatoms. The van der Waals surface area contributed by atoms with Crippen molar-refractivity contribution in [3.63, 3.8) is 0 Å². The normalized spacial score (nSPS) is 12.7.